The molecule has 4 rings (SSSR count). The number of aromatic nitrogens is 3. The number of ketones is 1. The van der Waals surface area contributed by atoms with Gasteiger partial charge in [-0.15, -0.1) is 0 Å². The van der Waals surface area contributed by atoms with Crippen molar-refractivity contribution >= 4 is 39.4 Å². The molecule has 0 radical (unpaired) electrons. The standard InChI is InChI=1S/C20H17N3OS/c1-12-14-7-3-5-9-16(14)23-20(22-12)25-11-18(24)19-13(2)21-17-10-6-4-8-15(17)19/h3-10,21H,11H2,1-2H3. The molecule has 0 aliphatic rings. The van der Waals surface area contributed by atoms with Crippen LogP contribution in [-0.2, 0) is 0 Å². The number of H-pyrrole nitrogens is 1. The molecule has 4 nitrogen and oxygen atoms in total. The first kappa shape index (κ1) is 15.8. The number of nitrogens with zero attached hydrogens (tertiary/aromatic N) is 2. The number of thioether (sulfide) groups is 1. The summed E-state index contributed by atoms with van der Waals surface area (Å²) in [7, 11) is 0. The lowest BCUT2D eigenvalue weighted by atomic mass is 10.1. The van der Waals surface area contributed by atoms with Crippen molar-refractivity contribution in [3.8, 4) is 0 Å². The molecule has 4 aromatic rings. The van der Waals surface area contributed by atoms with Gasteiger partial charge >= 0.3 is 0 Å². The van der Waals surface area contributed by atoms with Crippen LogP contribution in [0.15, 0.2) is 53.7 Å². The number of carbonyl (C=O) groups excluding carboxylic acids is 1. The second-order valence-corrected chi connectivity index (χ2v) is 6.93. The summed E-state index contributed by atoms with van der Waals surface area (Å²) in [6, 6.07) is 15.8. The monoisotopic (exact) mass is 347 g/mol. The van der Waals surface area contributed by atoms with Gasteiger partial charge < -0.3 is 4.98 Å². The molecule has 2 heterocycles. The molecule has 0 saturated heterocycles. The second-order valence-electron chi connectivity index (χ2n) is 5.99. The summed E-state index contributed by atoms with van der Waals surface area (Å²) in [5.41, 5.74) is 4.51. The molecule has 0 atom stereocenters. The van der Waals surface area contributed by atoms with Crippen molar-refractivity contribution in [1.29, 1.82) is 0 Å². The second kappa shape index (κ2) is 6.33. The summed E-state index contributed by atoms with van der Waals surface area (Å²) in [5.74, 6) is 0.412. The van der Waals surface area contributed by atoms with E-state index in [0.29, 0.717) is 10.9 Å². The average molecular weight is 347 g/mol. The van der Waals surface area contributed by atoms with E-state index in [1.54, 1.807) is 0 Å². The molecule has 0 amide bonds. The van der Waals surface area contributed by atoms with Crippen LogP contribution >= 0.6 is 11.8 Å². The summed E-state index contributed by atoms with van der Waals surface area (Å²) in [5, 5.41) is 2.66. The Morgan fingerprint density at radius 2 is 1.72 bits per heavy atom. The lowest BCUT2D eigenvalue weighted by Crippen LogP contribution is -2.04. The molecule has 25 heavy (non-hydrogen) atoms. The molecule has 2 aromatic carbocycles. The first-order chi connectivity index (χ1) is 12.1. The van der Waals surface area contributed by atoms with Gasteiger partial charge in [-0.2, -0.15) is 0 Å². The Morgan fingerprint density at radius 1 is 1.00 bits per heavy atom. The smallest absolute Gasteiger partial charge is 0.188 e. The Labute approximate surface area is 149 Å². The largest absolute Gasteiger partial charge is 0.358 e. The van der Waals surface area contributed by atoms with E-state index in [4.69, 9.17) is 0 Å². The van der Waals surface area contributed by atoms with E-state index in [0.717, 1.165) is 38.8 Å². The maximum absolute atomic E-state index is 12.8. The number of hydrogen-bond donors (Lipinski definition) is 1. The van der Waals surface area contributed by atoms with Gasteiger partial charge in [0.2, 0.25) is 0 Å². The normalized spacial score (nSPS) is 11.3. The van der Waals surface area contributed by atoms with Crippen LogP contribution in [0, 0.1) is 13.8 Å². The Hall–Kier alpha value is -2.66. The minimum atomic E-state index is 0.0920. The molecule has 0 fully saturated rings. The molecule has 0 aliphatic heterocycles. The van der Waals surface area contributed by atoms with E-state index in [9.17, 15) is 4.79 Å². The van der Waals surface area contributed by atoms with Gasteiger partial charge in [0.15, 0.2) is 10.9 Å². The van der Waals surface area contributed by atoms with Crippen LogP contribution in [0.25, 0.3) is 21.8 Å². The lowest BCUT2D eigenvalue weighted by Gasteiger charge is -2.05. The van der Waals surface area contributed by atoms with E-state index in [-0.39, 0.29) is 5.78 Å². The Morgan fingerprint density at radius 3 is 2.56 bits per heavy atom. The highest BCUT2D eigenvalue weighted by Gasteiger charge is 2.16. The van der Waals surface area contributed by atoms with Crippen LogP contribution in [0.5, 0.6) is 0 Å². The van der Waals surface area contributed by atoms with Crippen LogP contribution in [0.1, 0.15) is 21.7 Å². The van der Waals surface area contributed by atoms with Crippen molar-refractivity contribution in [3.05, 3.63) is 65.5 Å². The topological polar surface area (TPSA) is 58.6 Å². The van der Waals surface area contributed by atoms with Crippen molar-refractivity contribution in [3.63, 3.8) is 0 Å². The third kappa shape index (κ3) is 2.91. The quantitative estimate of drug-likeness (QED) is 0.330. The average Bonchev–Trinajstić information content (AvgIpc) is 2.95. The minimum Gasteiger partial charge on any atom is -0.358 e. The number of fused-ring (bicyclic) bond motifs is 2. The zero-order valence-electron chi connectivity index (χ0n) is 14.0. The van der Waals surface area contributed by atoms with Crippen LogP contribution in [0.2, 0.25) is 0 Å². The zero-order valence-corrected chi connectivity index (χ0v) is 14.9. The summed E-state index contributed by atoms with van der Waals surface area (Å²) in [6.07, 6.45) is 0. The summed E-state index contributed by atoms with van der Waals surface area (Å²) in [6.45, 7) is 3.91. The summed E-state index contributed by atoms with van der Waals surface area (Å²) in [4.78, 5) is 25.1. The number of benzene rings is 2. The van der Waals surface area contributed by atoms with Crippen LogP contribution in [0.4, 0.5) is 0 Å². The minimum absolute atomic E-state index is 0.0920. The van der Waals surface area contributed by atoms with E-state index >= 15 is 0 Å². The molecule has 1 N–H and O–H groups in total. The fourth-order valence-corrected chi connectivity index (χ4v) is 3.88. The van der Waals surface area contributed by atoms with E-state index in [1.165, 1.54) is 11.8 Å². The number of carbonyl (C=O) groups is 1. The first-order valence-electron chi connectivity index (χ1n) is 8.10. The molecule has 0 saturated carbocycles. The predicted molar refractivity (Wildman–Crippen MR) is 102 cm³/mol. The van der Waals surface area contributed by atoms with Crippen molar-refractivity contribution in [1.82, 2.24) is 15.0 Å². The van der Waals surface area contributed by atoms with Crippen LogP contribution < -0.4 is 0 Å². The van der Waals surface area contributed by atoms with Gasteiger partial charge in [0.25, 0.3) is 0 Å². The number of para-hydroxylation sites is 2. The SMILES string of the molecule is Cc1[nH]c2ccccc2c1C(=O)CSc1nc(C)c2ccccc2n1. The third-order valence-electron chi connectivity index (χ3n) is 4.28. The number of nitrogens with one attached hydrogen (secondary N) is 1. The van der Waals surface area contributed by atoms with Gasteiger partial charge in [0, 0.05) is 33.2 Å². The van der Waals surface area contributed by atoms with Gasteiger partial charge in [-0.25, -0.2) is 9.97 Å². The molecule has 5 heteroatoms. The summed E-state index contributed by atoms with van der Waals surface area (Å²) >= 11 is 1.39. The van der Waals surface area contributed by atoms with Crippen molar-refractivity contribution in [2.24, 2.45) is 0 Å². The van der Waals surface area contributed by atoms with Gasteiger partial charge in [-0.1, -0.05) is 48.2 Å². The van der Waals surface area contributed by atoms with Crippen molar-refractivity contribution in [2.45, 2.75) is 19.0 Å². The zero-order chi connectivity index (χ0) is 17.4. The molecule has 0 unspecified atom stereocenters. The lowest BCUT2D eigenvalue weighted by molar-refractivity contribution is 0.102. The van der Waals surface area contributed by atoms with Gasteiger partial charge in [-0.3, -0.25) is 4.79 Å². The first-order valence-corrected chi connectivity index (χ1v) is 9.09. The maximum Gasteiger partial charge on any atom is 0.188 e. The van der Waals surface area contributed by atoms with E-state index in [1.807, 2.05) is 62.4 Å². The summed E-state index contributed by atoms with van der Waals surface area (Å²) < 4.78 is 0. The van der Waals surface area contributed by atoms with Gasteiger partial charge in [-0.05, 0) is 26.0 Å². The predicted octanol–water partition coefficient (Wildman–Crippen LogP) is 4.70. The van der Waals surface area contributed by atoms with Gasteiger partial charge in [0.1, 0.15) is 0 Å². The highest BCUT2D eigenvalue weighted by Crippen LogP contribution is 2.25. The Kier molecular flexibility index (Phi) is 4.01. The number of hydrogen-bond acceptors (Lipinski definition) is 4. The van der Waals surface area contributed by atoms with E-state index < -0.39 is 0 Å². The Bertz CT molecular complexity index is 1100. The number of rotatable bonds is 4. The molecular formula is C20H17N3OS. The van der Waals surface area contributed by atoms with Crippen LogP contribution in [0.3, 0.4) is 0 Å². The van der Waals surface area contributed by atoms with Crippen molar-refractivity contribution in [2.75, 3.05) is 5.75 Å². The van der Waals surface area contributed by atoms with Gasteiger partial charge in [0.05, 0.1) is 11.3 Å². The highest BCUT2D eigenvalue weighted by atomic mass is 32.2. The van der Waals surface area contributed by atoms with Crippen molar-refractivity contribution < 1.29 is 4.79 Å². The molecule has 124 valence electrons. The van der Waals surface area contributed by atoms with Crippen LogP contribution in [-0.4, -0.2) is 26.5 Å². The number of aryl methyl sites for hydroxylation is 2. The molecular weight excluding hydrogens is 330 g/mol. The maximum atomic E-state index is 12.8. The molecule has 0 bridgehead atoms. The number of aromatic amines is 1. The molecule has 0 spiro atoms. The fraction of sp³-hybridized carbons (Fsp3) is 0.150. The Balaban J connectivity index is 1.60. The van der Waals surface area contributed by atoms with E-state index in [2.05, 4.69) is 15.0 Å². The molecule has 2 aromatic heterocycles. The third-order valence-corrected chi connectivity index (χ3v) is 5.13. The fourth-order valence-electron chi connectivity index (χ4n) is 3.11. The molecule has 0 aliphatic carbocycles. The highest BCUT2D eigenvalue weighted by molar-refractivity contribution is 7.99. The number of Topliss-reactive ketones (excluding diaryl/α,β-unsaturated/α-hetero) is 1.